The van der Waals surface area contributed by atoms with Crippen molar-refractivity contribution in [1.29, 1.82) is 5.26 Å². The normalized spacial score (nSPS) is 12.0. The van der Waals surface area contributed by atoms with Crippen molar-refractivity contribution in [2.24, 2.45) is 0 Å². The Kier molecular flexibility index (Phi) is 8.20. The van der Waals surface area contributed by atoms with Crippen LogP contribution in [0.25, 0.3) is 0 Å². The first kappa shape index (κ1) is 19.4. The summed E-state index contributed by atoms with van der Waals surface area (Å²) in [7, 11) is 3.16. The van der Waals surface area contributed by atoms with Crippen LogP contribution in [0.5, 0.6) is 11.5 Å². The Morgan fingerprint density at radius 3 is 2.62 bits per heavy atom. The van der Waals surface area contributed by atoms with Gasteiger partial charge in [0, 0.05) is 18.8 Å². The van der Waals surface area contributed by atoms with Gasteiger partial charge in [-0.05, 0) is 31.0 Å². The lowest BCUT2D eigenvalue weighted by Gasteiger charge is -2.15. The van der Waals surface area contributed by atoms with E-state index in [-0.39, 0.29) is 17.5 Å². The zero-order chi connectivity index (χ0) is 17.9. The molecule has 0 aromatic heterocycles. The van der Waals surface area contributed by atoms with E-state index in [1.54, 1.807) is 14.2 Å². The molecule has 130 valence electrons. The Labute approximate surface area is 143 Å². The van der Waals surface area contributed by atoms with E-state index in [9.17, 15) is 4.79 Å². The van der Waals surface area contributed by atoms with E-state index in [0.29, 0.717) is 18.0 Å². The second-order valence-electron chi connectivity index (χ2n) is 5.28. The predicted molar refractivity (Wildman–Crippen MR) is 92.7 cm³/mol. The van der Waals surface area contributed by atoms with Crippen LogP contribution in [0.15, 0.2) is 30.0 Å². The highest BCUT2D eigenvalue weighted by Gasteiger charge is 2.11. The summed E-state index contributed by atoms with van der Waals surface area (Å²) < 4.78 is 10.5. The molecule has 2 N–H and O–H groups in total. The van der Waals surface area contributed by atoms with Crippen LogP contribution >= 0.6 is 0 Å². The molecule has 0 heterocycles. The number of benzene rings is 1. The molecule has 1 atom stereocenters. The molecule has 1 aromatic rings. The number of nitriles is 1. The van der Waals surface area contributed by atoms with Crippen molar-refractivity contribution in [3.8, 4) is 17.6 Å². The number of unbranched alkanes of at least 4 members (excludes halogenated alkanes) is 1. The molecule has 6 heteroatoms. The summed E-state index contributed by atoms with van der Waals surface area (Å²) in [6, 6.07) is 7.40. The molecule has 0 aliphatic heterocycles. The van der Waals surface area contributed by atoms with Crippen LogP contribution < -0.4 is 20.1 Å². The van der Waals surface area contributed by atoms with Gasteiger partial charge in [0.05, 0.1) is 14.2 Å². The number of rotatable bonds is 9. The molecular weight excluding hydrogens is 306 g/mol. The van der Waals surface area contributed by atoms with E-state index in [0.717, 1.165) is 18.4 Å². The van der Waals surface area contributed by atoms with Crippen LogP contribution in [0, 0.1) is 11.3 Å². The number of methoxy groups -OCH3 is 2. The van der Waals surface area contributed by atoms with Crippen molar-refractivity contribution in [3.05, 3.63) is 35.5 Å². The first-order valence-corrected chi connectivity index (χ1v) is 7.93. The molecule has 0 bridgehead atoms. The Morgan fingerprint density at radius 1 is 1.33 bits per heavy atom. The van der Waals surface area contributed by atoms with Gasteiger partial charge in [0.15, 0.2) is 11.5 Å². The minimum atomic E-state index is -0.363. The van der Waals surface area contributed by atoms with Crippen LogP contribution in [0.1, 0.15) is 38.3 Å². The number of nitrogens with zero attached hydrogens (tertiary/aromatic N) is 1. The third kappa shape index (κ3) is 5.51. The van der Waals surface area contributed by atoms with Crippen molar-refractivity contribution >= 4 is 5.91 Å². The van der Waals surface area contributed by atoms with Gasteiger partial charge in [-0.15, -0.1) is 0 Å². The highest BCUT2D eigenvalue weighted by atomic mass is 16.5. The number of ether oxygens (including phenoxy) is 2. The van der Waals surface area contributed by atoms with Crippen LogP contribution in [0.3, 0.4) is 0 Å². The Morgan fingerprint density at radius 2 is 2.04 bits per heavy atom. The Bertz CT molecular complexity index is 620. The van der Waals surface area contributed by atoms with Gasteiger partial charge in [0.2, 0.25) is 0 Å². The number of hydrogen-bond donors (Lipinski definition) is 2. The third-order valence-electron chi connectivity index (χ3n) is 3.57. The third-order valence-corrected chi connectivity index (χ3v) is 3.57. The van der Waals surface area contributed by atoms with Crippen molar-refractivity contribution in [1.82, 2.24) is 10.6 Å². The maximum absolute atomic E-state index is 11.9. The van der Waals surface area contributed by atoms with E-state index in [1.165, 1.54) is 6.20 Å². The minimum absolute atomic E-state index is 0.0541. The lowest BCUT2D eigenvalue weighted by molar-refractivity contribution is -0.117. The number of amides is 1. The Hall–Kier alpha value is -2.68. The maximum atomic E-state index is 11.9. The quantitative estimate of drug-likeness (QED) is 0.413. The molecule has 0 fully saturated rings. The van der Waals surface area contributed by atoms with Gasteiger partial charge in [-0.1, -0.05) is 19.4 Å². The summed E-state index contributed by atoms with van der Waals surface area (Å²) in [5.41, 5.74) is 1.01. The van der Waals surface area contributed by atoms with E-state index < -0.39 is 0 Å². The molecule has 24 heavy (non-hydrogen) atoms. The summed E-state index contributed by atoms with van der Waals surface area (Å²) in [4.78, 5) is 11.9. The fraction of sp³-hybridized carbons (Fsp3) is 0.444. The van der Waals surface area contributed by atoms with Gasteiger partial charge >= 0.3 is 0 Å². The predicted octanol–water partition coefficient (Wildman–Crippen LogP) is 2.68. The van der Waals surface area contributed by atoms with Crippen molar-refractivity contribution in [2.75, 3.05) is 20.8 Å². The summed E-state index contributed by atoms with van der Waals surface area (Å²) in [5.74, 6) is 0.917. The molecular formula is C18H25N3O3. The summed E-state index contributed by atoms with van der Waals surface area (Å²) in [6.07, 6.45) is 3.32. The number of carbonyl (C=O) groups excluding carboxylic acids is 1. The van der Waals surface area contributed by atoms with Crippen molar-refractivity contribution in [3.63, 3.8) is 0 Å². The second-order valence-corrected chi connectivity index (χ2v) is 5.28. The second kappa shape index (κ2) is 10.2. The average Bonchev–Trinajstić information content (AvgIpc) is 2.61. The van der Waals surface area contributed by atoms with Crippen LogP contribution in [-0.2, 0) is 4.79 Å². The topological polar surface area (TPSA) is 83.4 Å². The molecule has 0 saturated heterocycles. The van der Waals surface area contributed by atoms with E-state index >= 15 is 0 Å². The minimum Gasteiger partial charge on any atom is -0.493 e. The van der Waals surface area contributed by atoms with Crippen molar-refractivity contribution < 1.29 is 14.3 Å². The van der Waals surface area contributed by atoms with Crippen LogP contribution in [-0.4, -0.2) is 26.7 Å². The highest BCUT2D eigenvalue weighted by molar-refractivity contribution is 5.97. The van der Waals surface area contributed by atoms with Gasteiger partial charge < -0.3 is 20.1 Å². The highest BCUT2D eigenvalue weighted by Crippen LogP contribution is 2.29. The molecule has 1 unspecified atom stereocenters. The first-order chi connectivity index (χ1) is 11.6. The smallest absolute Gasteiger partial charge is 0.263 e. The molecule has 1 rings (SSSR count). The van der Waals surface area contributed by atoms with Crippen molar-refractivity contribution in [2.45, 2.75) is 32.7 Å². The maximum Gasteiger partial charge on any atom is 0.263 e. The van der Waals surface area contributed by atoms with E-state index in [2.05, 4.69) is 10.6 Å². The fourth-order valence-electron chi connectivity index (χ4n) is 2.05. The number of nitrogens with one attached hydrogen (secondary N) is 2. The molecule has 0 aliphatic rings. The first-order valence-electron chi connectivity index (χ1n) is 7.93. The Balaban J connectivity index is 2.76. The molecule has 1 amide bonds. The lowest BCUT2D eigenvalue weighted by atomic mass is 10.1. The average molecular weight is 331 g/mol. The summed E-state index contributed by atoms with van der Waals surface area (Å²) >= 11 is 0. The van der Waals surface area contributed by atoms with Gasteiger partial charge in [-0.25, -0.2) is 0 Å². The zero-order valence-electron chi connectivity index (χ0n) is 14.7. The molecule has 1 aromatic carbocycles. The van der Waals surface area contributed by atoms with E-state index in [4.69, 9.17) is 14.7 Å². The van der Waals surface area contributed by atoms with Crippen LogP contribution in [0.2, 0.25) is 0 Å². The molecule has 0 radical (unpaired) electrons. The van der Waals surface area contributed by atoms with Gasteiger partial charge in [-0.3, -0.25) is 4.79 Å². The standard InChI is InChI=1S/C18H25N3O3/c1-5-6-9-20-18(22)15(11-19)12-21-13(2)14-7-8-16(23-3)17(10-14)24-4/h7-8,10,12-13,21H,5-6,9H2,1-4H3,(H,20,22)/b15-12-. The molecule has 0 aliphatic carbocycles. The SMILES string of the molecule is CCCCNC(=O)/C(C#N)=C\NC(C)c1ccc(OC)c(OC)c1. The zero-order valence-corrected chi connectivity index (χ0v) is 14.7. The van der Waals surface area contributed by atoms with E-state index in [1.807, 2.05) is 38.1 Å². The van der Waals surface area contributed by atoms with Gasteiger partial charge in [0.1, 0.15) is 11.6 Å². The summed E-state index contributed by atoms with van der Waals surface area (Å²) in [5, 5.41) is 14.9. The molecule has 6 nitrogen and oxygen atoms in total. The molecule has 0 spiro atoms. The van der Waals surface area contributed by atoms with Crippen LogP contribution in [0.4, 0.5) is 0 Å². The monoisotopic (exact) mass is 331 g/mol. The van der Waals surface area contributed by atoms with Gasteiger partial charge in [0.25, 0.3) is 5.91 Å². The molecule has 0 saturated carbocycles. The largest absolute Gasteiger partial charge is 0.493 e. The fourth-order valence-corrected chi connectivity index (χ4v) is 2.05. The lowest BCUT2D eigenvalue weighted by Crippen LogP contribution is -2.26. The van der Waals surface area contributed by atoms with Gasteiger partial charge in [-0.2, -0.15) is 5.26 Å². The summed E-state index contributed by atoms with van der Waals surface area (Å²) in [6.45, 7) is 4.54. The number of hydrogen-bond acceptors (Lipinski definition) is 5. The number of carbonyl (C=O) groups is 1.